The minimum absolute atomic E-state index is 0.108. The molecule has 0 fully saturated rings. The third-order valence-electron chi connectivity index (χ3n) is 4.49. The summed E-state index contributed by atoms with van der Waals surface area (Å²) in [4.78, 5) is 23.5. The van der Waals surface area contributed by atoms with Crippen molar-refractivity contribution in [2.24, 2.45) is 5.92 Å². The largest absolute Gasteiger partial charge is 0.493 e. The number of carboxylic acids is 1. The van der Waals surface area contributed by atoms with Crippen molar-refractivity contribution >= 4 is 17.6 Å². The van der Waals surface area contributed by atoms with Crippen LogP contribution >= 0.6 is 0 Å². The van der Waals surface area contributed by atoms with Gasteiger partial charge in [-0.3, -0.25) is 9.59 Å². The van der Waals surface area contributed by atoms with Crippen molar-refractivity contribution in [1.82, 2.24) is 0 Å². The summed E-state index contributed by atoms with van der Waals surface area (Å²) in [6.45, 7) is 3.48. The Morgan fingerprint density at radius 2 is 1.63 bits per heavy atom. The highest BCUT2D eigenvalue weighted by atomic mass is 16.5. The lowest BCUT2D eigenvalue weighted by Crippen LogP contribution is -2.22. The molecule has 6 heteroatoms. The number of hydrogen-bond donors (Lipinski definition) is 2. The number of nitrogens with one attached hydrogen (secondary N) is 1. The minimum atomic E-state index is -0.879. The number of carbonyl (C=O) groups excluding carboxylic acids is 1. The van der Waals surface area contributed by atoms with E-state index in [1.165, 1.54) is 0 Å². The Labute approximate surface area is 159 Å². The highest BCUT2D eigenvalue weighted by Gasteiger charge is 2.16. The van der Waals surface area contributed by atoms with Crippen LogP contribution in [-0.4, -0.2) is 31.2 Å². The molecule has 2 atom stereocenters. The first-order valence-corrected chi connectivity index (χ1v) is 8.70. The molecule has 0 bridgehead atoms. The van der Waals surface area contributed by atoms with Crippen LogP contribution in [0, 0.1) is 5.92 Å². The Morgan fingerprint density at radius 1 is 1.00 bits per heavy atom. The second-order valence-electron chi connectivity index (χ2n) is 6.47. The van der Waals surface area contributed by atoms with Crippen LogP contribution in [0.2, 0.25) is 0 Å². The normalized spacial score (nSPS) is 12.7. The first-order valence-electron chi connectivity index (χ1n) is 8.70. The molecule has 27 heavy (non-hydrogen) atoms. The lowest BCUT2D eigenvalue weighted by molar-refractivity contribution is -0.138. The second-order valence-corrected chi connectivity index (χ2v) is 6.47. The third-order valence-corrected chi connectivity index (χ3v) is 4.49. The molecule has 0 heterocycles. The number of anilines is 1. The summed E-state index contributed by atoms with van der Waals surface area (Å²) in [5.41, 5.74) is 2.31. The predicted octanol–water partition coefficient (Wildman–Crippen LogP) is 3.71. The summed E-state index contributed by atoms with van der Waals surface area (Å²) in [5.74, 6) is -0.543. The fraction of sp³-hybridized carbons (Fsp3) is 0.333. The van der Waals surface area contributed by atoms with Crippen LogP contribution in [0.1, 0.15) is 30.9 Å². The number of methoxy groups -OCH3 is 2. The second kappa shape index (κ2) is 9.07. The third kappa shape index (κ3) is 5.23. The summed E-state index contributed by atoms with van der Waals surface area (Å²) in [7, 11) is 3.16. The van der Waals surface area contributed by atoms with Gasteiger partial charge in [0.05, 0.1) is 20.1 Å². The lowest BCUT2D eigenvalue weighted by atomic mass is 9.99. The monoisotopic (exact) mass is 371 g/mol. The van der Waals surface area contributed by atoms with Gasteiger partial charge in [-0.1, -0.05) is 25.1 Å². The van der Waals surface area contributed by atoms with E-state index in [2.05, 4.69) is 5.32 Å². The molecule has 0 aromatic heterocycles. The number of carboxylic acid groups (broad SMARTS) is 1. The number of carbonyl (C=O) groups is 2. The number of amides is 1. The number of aliphatic carboxylic acids is 1. The van der Waals surface area contributed by atoms with E-state index in [0.29, 0.717) is 29.2 Å². The molecule has 144 valence electrons. The molecule has 0 spiro atoms. The van der Waals surface area contributed by atoms with Gasteiger partial charge >= 0.3 is 5.97 Å². The first-order chi connectivity index (χ1) is 12.8. The van der Waals surface area contributed by atoms with Crippen LogP contribution in [0.4, 0.5) is 5.69 Å². The van der Waals surface area contributed by atoms with Gasteiger partial charge in [-0.25, -0.2) is 0 Å². The number of rotatable bonds is 8. The van der Waals surface area contributed by atoms with Crippen LogP contribution in [0.25, 0.3) is 0 Å². The maximum Gasteiger partial charge on any atom is 0.310 e. The molecule has 0 saturated carbocycles. The molecule has 2 aromatic carbocycles. The maximum atomic E-state index is 12.5. The lowest BCUT2D eigenvalue weighted by Gasteiger charge is -2.15. The zero-order valence-corrected chi connectivity index (χ0v) is 16.0. The average Bonchev–Trinajstić information content (AvgIpc) is 2.67. The van der Waals surface area contributed by atoms with E-state index in [9.17, 15) is 9.59 Å². The molecule has 2 aromatic rings. The average molecular weight is 371 g/mol. The van der Waals surface area contributed by atoms with Gasteiger partial charge in [0.25, 0.3) is 0 Å². The van der Waals surface area contributed by atoms with Crippen molar-refractivity contribution in [3.63, 3.8) is 0 Å². The molecule has 0 aliphatic carbocycles. The fourth-order valence-electron chi connectivity index (χ4n) is 2.72. The Morgan fingerprint density at radius 3 is 2.19 bits per heavy atom. The molecular formula is C21H25NO5. The molecule has 6 nitrogen and oxygen atoms in total. The van der Waals surface area contributed by atoms with Crippen molar-refractivity contribution in [3.8, 4) is 11.5 Å². The highest BCUT2D eigenvalue weighted by molar-refractivity contribution is 5.92. The Bertz CT molecular complexity index is 801. The van der Waals surface area contributed by atoms with E-state index in [-0.39, 0.29) is 11.8 Å². The number of ether oxygens (including phenoxy) is 2. The molecule has 1 amide bonds. The van der Waals surface area contributed by atoms with E-state index >= 15 is 0 Å². The summed E-state index contributed by atoms with van der Waals surface area (Å²) in [6.07, 6.45) is 0.556. The Kier molecular flexibility index (Phi) is 6.82. The van der Waals surface area contributed by atoms with Crippen LogP contribution < -0.4 is 14.8 Å². The smallest absolute Gasteiger partial charge is 0.310 e. The van der Waals surface area contributed by atoms with Crippen LogP contribution in [-0.2, 0) is 16.0 Å². The molecule has 2 rings (SSSR count). The van der Waals surface area contributed by atoms with Crippen molar-refractivity contribution in [3.05, 3.63) is 53.6 Å². The van der Waals surface area contributed by atoms with Crippen molar-refractivity contribution < 1.29 is 24.2 Å². The molecule has 2 unspecified atom stereocenters. The maximum absolute atomic E-state index is 12.5. The van der Waals surface area contributed by atoms with E-state index in [1.807, 2.05) is 25.1 Å². The van der Waals surface area contributed by atoms with Gasteiger partial charge in [0.2, 0.25) is 5.91 Å². The SMILES string of the molecule is COc1ccc(CC(C)C(=O)Nc2ccc(C(C)C(=O)O)cc2)cc1OC. The van der Waals surface area contributed by atoms with Crippen molar-refractivity contribution in [2.75, 3.05) is 19.5 Å². The summed E-state index contributed by atoms with van der Waals surface area (Å²) < 4.78 is 10.5. The predicted molar refractivity (Wildman–Crippen MR) is 104 cm³/mol. The van der Waals surface area contributed by atoms with Gasteiger partial charge in [0, 0.05) is 11.6 Å². The zero-order valence-electron chi connectivity index (χ0n) is 16.0. The van der Waals surface area contributed by atoms with Gasteiger partial charge in [0.1, 0.15) is 0 Å². The number of benzene rings is 2. The first kappa shape index (κ1) is 20.3. The van der Waals surface area contributed by atoms with Gasteiger partial charge in [0.15, 0.2) is 11.5 Å². The Balaban J connectivity index is 2.00. The molecule has 0 aliphatic heterocycles. The molecule has 0 aliphatic rings. The molecule has 0 radical (unpaired) electrons. The summed E-state index contributed by atoms with van der Waals surface area (Å²) in [6, 6.07) is 12.5. The van der Waals surface area contributed by atoms with E-state index < -0.39 is 11.9 Å². The fourth-order valence-corrected chi connectivity index (χ4v) is 2.72. The van der Waals surface area contributed by atoms with Crippen LogP contribution in [0.5, 0.6) is 11.5 Å². The van der Waals surface area contributed by atoms with E-state index in [4.69, 9.17) is 14.6 Å². The minimum Gasteiger partial charge on any atom is -0.493 e. The molecule has 2 N–H and O–H groups in total. The van der Waals surface area contributed by atoms with E-state index in [1.54, 1.807) is 45.4 Å². The standard InChI is InChI=1S/C21H25NO5/c1-13(11-15-5-10-18(26-3)19(12-15)27-4)20(23)22-17-8-6-16(7-9-17)14(2)21(24)25/h5-10,12-14H,11H2,1-4H3,(H,22,23)(H,24,25). The van der Waals surface area contributed by atoms with Crippen LogP contribution in [0.15, 0.2) is 42.5 Å². The quantitative estimate of drug-likeness (QED) is 0.739. The number of hydrogen-bond acceptors (Lipinski definition) is 4. The van der Waals surface area contributed by atoms with Gasteiger partial charge in [-0.05, 0) is 48.7 Å². The van der Waals surface area contributed by atoms with E-state index in [0.717, 1.165) is 5.56 Å². The molecule has 0 saturated heterocycles. The van der Waals surface area contributed by atoms with Crippen molar-refractivity contribution in [1.29, 1.82) is 0 Å². The molecular weight excluding hydrogens is 346 g/mol. The topological polar surface area (TPSA) is 84.9 Å². The summed E-state index contributed by atoms with van der Waals surface area (Å²) >= 11 is 0. The summed E-state index contributed by atoms with van der Waals surface area (Å²) in [5, 5.41) is 11.9. The highest BCUT2D eigenvalue weighted by Crippen LogP contribution is 2.28. The Hall–Kier alpha value is -3.02. The van der Waals surface area contributed by atoms with Crippen molar-refractivity contribution in [2.45, 2.75) is 26.2 Å². The zero-order chi connectivity index (χ0) is 20.0. The van der Waals surface area contributed by atoms with Gasteiger partial charge < -0.3 is 19.9 Å². The van der Waals surface area contributed by atoms with Gasteiger partial charge in [-0.15, -0.1) is 0 Å². The van der Waals surface area contributed by atoms with Gasteiger partial charge in [-0.2, -0.15) is 0 Å². The van der Waals surface area contributed by atoms with Crippen LogP contribution in [0.3, 0.4) is 0 Å².